The molecule has 1 aliphatic rings. The number of carbonyl (C=O) groups is 2. The number of carboxylic acids is 1. The normalized spacial score (nSPS) is 16.9. The number of fused-ring (bicyclic) bond motifs is 1. The Morgan fingerprint density at radius 3 is 2.75 bits per heavy atom. The van der Waals surface area contributed by atoms with Crippen LogP contribution in [-0.2, 0) is 21.2 Å². The summed E-state index contributed by atoms with van der Waals surface area (Å²) in [5.41, 5.74) is 0.494. The first-order valence-corrected chi connectivity index (χ1v) is 9.00. The third-order valence-electron chi connectivity index (χ3n) is 3.41. The SMILES string of the molecule is CS(=O)(=O)NCCC(=O)N[C@H]1Cc2cccc(C(=O)O)c2OB1O. The van der Waals surface area contributed by atoms with Gasteiger partial charge in [-0.05, 0) is 18.1 Å². The van der Waals surface area contributed by atoms with Crippen molar-refractivity contribution in [3.8, 4) is 5.75 Å². The summed E-state index contributed by atoms with van der Waals surface area (Å²) in [5.74, 6) is -2.31. The third-order valence-corrected chi connectivity index (χ3v) is 4.14. The topological polar surface area (TPSA) is 142 Å². The molecule has 0 spiro atoms. The highest BCUT2D eigenvalue weighted by molar-refractivity contribution is 7.88. The molecule has 24 heavy (non-hydrogen) atoms. The number of aromatic carboxylic acids is 1. The van der Waals surface area contributed by atoms with Crippen molar-refractivity contribution >= 4 is 29.0 Å². The second kappa shape index (κ2) is 7.20. The largest absolute Gasteiger partial charge is 0.547 e. The maximum absolute atomic E-state index is 11.8. The lowest BCUT2D eigenvalue weighted by atomic mass is 9.72. The quantitative estimate of drug-likeness (QED) is 0.467. The molecule has 4 N–H and O–H groups in total. The first-order chi connectivity index (χ1) is 11.2. The number of rotatable bonds is 6. The fourth-order valence-corrected chi connectivity index (χ4v) is 2.82. The number of hydrogen-bond acceptors (Lipinski definition) is 6. The van der Waals surface area contributed by atoms with Crippen molar-refractivity contribution in [2.45, 2.75) is 18.8 Å². The zero-order valence-corrected chi connectivity index (χ0v) is 13.7. The number of hydrogen-bond donors (Lipinski definition) is 4. The standard InChI is InChI=1S/C13H17BN2O7S/c1-24(21,22)15-6-5-11(17)16-10-7-8-3-2-4-9(13(18)19)12(8)23-14(10)20/h2-4,10,15,20H,5-7H2,1H3,(H,16,17)(H,18,19)/t10-/m0/s1. The van der Waals surface area contributed by atoms with Gasteiger partial charge in [0.25, 0.3) is 0 Å². The van der Waals surface area contributed by atoms with Crippen LogP contribution in [-0.4, -0.2) is 56.3 Å². The van der Waals surface area contributed by atoms with Crippen molar-refractivity contribution in [3.05, 3.63) is 29.3 Å². The highest BCUT2D eigenvalue weighted by atomic mass is 32.2. The van der Waals surface area contributed by atoms with Crippen molar-refractivity contribution in [3.63, 3.8) is 0 Å². The number of benzene rings is 1. The van der Waals surface area contributed by atoms with Gasteiger partial charge in [-0.25, -0.2) is 17.9 Å². The molecular weight excluding hydrogens is 339 g/mol. The molecule has 1 aromatic rings. The van der Waals surface area contributed by atoms with E-state index in [1.54, 1.807) is 12.1 Å². The fraction of sp³-hybridized carbons (Fsp3) is 0.385. The van der Waals surface area contributed by atoms with Gasteiger partial charge in [0.2, 0.25) is 15.9 Å². The maximum Gasteiger partial charge on any atom is 0.547 e. The van der Waals surface area contributed by atoms with Crippen molar-refractivity contribution in [1.29, 1.82) is 0 Å². The van der Waals surface area contributed by atoms with E-state index >= 15 is 0 Å². The molecule has 0 saturated carbocycles. The Morgan fingerprint density at radius 1 is 1.42 bits per heavy atom. The van der Waals surface area contributed by atoms with Crippen LogP contribution in [0.4, 0.5) is 0 Å². The van der Waals surface area contributed by atoms with Gasteiger partial charge in [-0.1, -0.05) is 12.1 Å². The number of carbonyl (C=O) groups excluding carboxylic acids is 1. The zero-order chi connectivity index (χ0) is 17.9. The monoisotopic (exact) mass is 356 g/mol. The van der Waals surface area contributed by atoms with E-state index in [-0.39, 0.29) is 30.7 Å². The lowest BCUT2D eigenvalue weighted by Crippen LogP contribution is -2.53. The molecule has 1 atom stereocenters. The highest BCUT2D eigenvalue weighted by Gasteiger charge is 2.37. The summed E-state index contributed by atoms with van der Waals surface area (Å²) < 4.78 is 29.3. The van der Waals surface area contributed by atoms with Gasteiger partial charge in [-0.3, -0.25) is 4.79 Å². The summed E-state index contributed by atoms with van der Waals surface area (Å²) in [5, 5.41) is 21.6. The van der Waals surface area contributed by atoms with Crippen LogP contribution in [0.15, 0.2) is 18.2 Å². The van der Waals surface area contributed by atoms with Crippen LogP contribution < -0.4 is 14.7 Å². The minimum Gasteiger partial charge on any atom is -0.534 e. The Hall–Kier alpha value is -2.11. The molecule has 1 aliphatic heterocycles. The summed E-state index contributed by atoms with van der Waals surface area (Å²) in [4.78, 5) is 23.0. The zero-order valence-electron chi connectivity index (χ0n) is 12.9. The Morgan fingerprint density at radius 2 is 2.12 bits per heavy atom. The van der Waals surface area contributed by atoms with Gasteiger partial charge < -0.3 is 20.1 Å². The number of nitrogens with one attached hydrogen (secondary N) is 2. The Bertz CT molecular complexity index is 753. The van der Waals surface area contributed by atoms with E-state index in [9.17, 15) is 23.0 Å². The minimum atomic E-state index is -3.38. The van der Waals surface area contributed by atoms with E-state index in [0.29, 0.717) is 5.56 Å². The van der Waals surface area contributed by atoms with E-state index < -0.39 is 35.0 Å². The Kier molecular flexibility index (Phi) is 5.47. The predicted octanol–water partition coefficient (Wildman–Crippen LogP) is -1.24. The summed E-state index contributed by atoms with van der Waals surface area (Å²) >= 11 is 0. The lowest BCUT2D eigenvalue weighted by molar-refractivity contribution is -0.121. The van der Waals surface area contributed by atoms with Crippen molar-refractivity contribution in [2.75, 3.05) is 12.8 Å². The molecule has 9 nitrogen and oxygen atoms in total. The summed E-state index contributed by atoms with van der Waals surface area (Å²) in [6.07, 6.45) is 1.09. The van der Waals surface area contributed by atoms with Gasteiger partial charge in [-0.15, -0.1) is 0 Å². The average Bonchev–Trinajstić information content (AvgIpc) is 2.46. The van der Waals surface area contributed by atoms with Gasteiger partial charge >= 0.3 is 13.1 Å². The van der Waals surface area contributed by atoms with E-state index in [4.69, 9.17) is 9.76 Å². The third kappa shape index (κ3) is 4.70. The predicted molar refractivity (Wildman–Crippen MR) is 85.1 cm³/mol. The summed E-state index contributed by atoms with van der Waals surface area (Å²) in [7, 11) is -4.77. The van der Waals surface area contributed by atoms with Gasteiger partial charge in [0, 0.05) is 13.0 Å². The molecule has 2 rings (SSSR count). The molecule has 0 aliphatic carbocycles. The average molecular weight is 356 g/mol. The maximum atomic E-state index is 11.8. The molecule has 0 saturated heterocycles. The molecule has 11 heteroatoms. The summed E-state index contributed by atoms with van der Waals surface area (Å²) in [6, 6.07) is 4.57. The molecule has 0 bridgehead atoms. The van der Waals surface area contributed by atoms with E-state index in [1.807, 2.05) is 0 Å². The van der Waals surface area contributed by atoms with Gasteiger partial charge in [-0.2, -0.15) is 0 Å². The number of amides is 1. The van der Waals surface area contributed by atoms with Crippen LogP contribution in [0.5, 0.6) is 5.75 Å². The second-order valence-corrected chi connectivity index (χ2v) is 7.24. The highest BCUT2D eigenvalue weighted by Crippen LogP contribution is 2.30. The van der Waals surface area contributed by atoms with E-state index in [2.05, 4.69) is 10.0 Å². The Labute approximate surface area is 139 Å². The molecule has 130 valence electrons. The van der Waals surface area contributed by atoms with Crippen molar-refractivity contribution < 1.29 is 32.8 Å². The van der Waals surface area contributed by atoms with E-state index in [0.717, 1.165) is 6.26 Å². The van der Waals surface area contributed by atoms with Crippen molar-refractivity contribution in [2.24, 2.45) is 0 Å². The molecule has 1 aromatic carbocycles. The van der Waals surface area contributed by atoms with Crippen LogP contribution in [0.25, 0.3) is 0 Å². The van der Waals surface area contributed by atoms with Gasteiger partial charge in [0.15, 0.2) is 0 Å². The van der Waals surface area contributed by atoms with Gasteiger partial charge in [0.1, 0.15) is 5.75 Å². The molecular formula is C13H17BN2O7S. The van der Waals surface area contributed by atoms with Crippen LogP contribution >= 0.6 is 0 Å². The van der Waals surface area contributed by atoms with Gasteiger partial charge in [0.05, 0.1) is 17.8 Å². The minimum absolute atomic E-state index is 0.0614. The molecule has 1 heterocycles. The fourth-order valence-electron chi connectivity index (χ4n) is 2.35. The van der Waals surface area contributed by atoms with Crippen molar-refractivity contribution in [1.82, 2.24) is 10.0 Å². The molecule has 0 unspecified atom stereocenters. The van der Waals surface area contributed by atoms with Crippen LogP contribution in [0.2, 0.25) is 0 Å². The number of sulfonamides is 1. The molecule has 0 radical (unpaired) electrons. The van der Waals surface area contributed by atoms with Crippen LogP contribution in [0, 0.1) is 0 Å². The van der Waals surface area contributed by atoms with Crippen LogP contribution in [0.1, 0.15) is 22.3 Å². The van der Waals surface area contributed by atoms with Crippen LogP contribution in [0.3, 0.4) is 0 Å². The first kappa shape index (κ1) is 18.2. The molecule has 0 fully saturated rings. The lowest BCUT2D eigenvalue weighted by Gasteiger charge is -2.28. The van der Waals surface area contributed by atoms with E-state index in [1.165, 1.54) is 6.07 Å². The molecule has 1 amide bonds. The molecule has 0 aromatic heterocycles. The number of para-hydroxylation sites is 1. The number of carboxylic acid groups (broad SMARTS) is 1. The summed E-state index contributed by atoms with van der Waals surface area (Å²) in [6.45, 7) is -0.0614. The Balaban J connectivity index is 2.00. The first-order valence-electron chi connectivity index (χ1n) is 7.11. The smallest absolute Gasteiger partial charge is 0.534 e. The second-order valence-electron chi connectivity index (χ2n) is 5.40.